The SMILES string of the molecule is CCOC(=O)c1c(-c2ccc3ccccc3c2)c(-c2ccccc2)nn1-c1ccccc1. The van der Waals surface area contributed by atoms with Crippen LogP contribution >= 0.6 is 0 Å². The zero-order valence-electron chi connectivity index (χ0n) is 17.7. The van der Waals surface area contributed by atoms with Gasteiger partial charge in [-0.15, -0.1) is 0 Å². The van der Waals surface area contributed by atoms with Gasteiger partial charge in [0.25, 0.3) is 0 Å². The lowest BCUT2D eigenvalue weighted by Gasteiger charge is -2.10. The molecule has 1 heterocycles. The molecular weight excluding hydrogens is 396 g/mol. The number of carbonyl (C=O) groups excluding carboxylic acids is 1. The standard InChI is InChI=1S/C28H22N2O2/c1-2-32-28(31)27-25(23-18-17-20-11-9-10-14-22(20)19-23)26(21-12-5-3-6-13-21)29-30(27)24-15-7-4-8-16-24/h3-19H,2H2,1H3. The molecule has 0 N–H and O–H groups in total. The number of hydrogen-bond donors (Lipinski definition) is 0. The summed E-state index contributed by atoms with van der Waals surface area (Å²) < 4.78 is 7.19. The van der Waals surface area contributed by atoms with Gasteiger partial charge in [0.15, 0.2) is 5.69 Å². The molecule has 0 radical (unpaired) electrons. The third-order valence-electron chi connectivity index (χ3n) is 5.44. The zero-order chi connectivity index (χ0) is 21.9. The first-order valence-corrected chi connectivity index (χ1v) is 10.7. The average Bonchev–Trinajstić information content (AvgIpc) is 3.26. The minimum atomic E-state index is -0.394. The Morgan fingerprint density at radius 2 is 1.44 bits per heavy atom. The Hall–Kier alpha value is -4.18. The minimum Gasteiger partial charge on any atom is -0.461 e. The predicted octanol–water partition coefficient (Wildman–Crippen LogP) is 6.54. The molecule has 4 aromatic carbocycles. The van der Waals surface area contributed by atoms with Gasteiger partial charge in [0.2, 0.25) is 0 Å². The summed E-state index contributed by atoms with van der Waals surface area (Å²) >= 11 is 0. The molecule has 5 aromatic rings. The summed E-state index contributed by atoms with van der Waals surface area (Å²) in [4.78, 5) is 13.3. The van der Waals surface area contributed by atoms with Gasteiger partial charge in [-0.1, -0.05) is 84.9 Å². The van der Waals surface area contributed by atoms with E-state index in [9.17, 15) is 4.79 Å². The summed E-state index contributed by atoms with van der Waals surface area (Å²) in [6.45, 7) is 2.10. The molecule has 0 saturated carbocycles. The Morgan fingerprint density at radius 1 is 0.781 bits per heavy atom. The van der Waals surface area contributed by atoms with E-state index in [-0.39, 0.29) is 6.61 Å². The highest BCUT2D eigenvalue weighted by Crippen LogP contribution is 2.37. The van der Waals surface area contributed by atoms with Gasteiger partial charge in [-0.05, 0) is 41.5 Å². The van der Waals surface area contributed by atoms with Crippen LogP contribution in [-0.4, -0.2) is 22.4 Å². The first-order chi connectivity index (χ1) is 15.8. The predicted molar refractivity (Wildman–Crippen MR) is 128 cm³/mol. The van der Waals surface area contributed by atoms with Crippen LogP contribution in [-0.2, 0) is 4.74 Å². The quantitative estimate of drug-likeness (QED) is 0.305. The van der Waals surface area contributed by atoms with Crippen molar-refractivity contribution in [1.29, 1.82) is 0 Å². The number of fused-ring (bicyclic) bond motifs is 1. The molecule has 0 amide bonds. The third-order valence-corrected chi connectivity index (χ3v) is 5.44. The van der Waals surface area contributed by atoms with Gasteiger partial charge < -0.3 is 4.74 Å². The lowest BCUT2D eigenvalue weighted by atomic mass is 9.96. The number of rotatable bonds is 5. The van der Waals surface area contributed by atoms with Crippen LogP contribution in [0.2, 0.25) is 0 Å². The molecule has 4 nitrogen and oxygen atoms in total. The number of para-hydroxylation sites is 1. The van der Waals surface area contributed by atoms with Gasteiger partial charge in [-0.2, -0.15) is 5.10 Å². The molecule has 0 aliphatic rings. The number of esters is 1. The Morgan fingerprint density at radius 3 is 2.16 bits per heavy atom. The maximum absolute atomic E-state index is 13.3. The average molecular weight is 418 g/mol. The maximum atomic E-state index is 13.3. The monoisotopic (exact) mass is 418 g/mol. The molecule has 0 bridgehead atoms. The Labute approximate surface area is 186 Å². The lowest BCUT2D eigenvalue weighted by molar-refractivity contribution is 0.0516. The van der Waals surface area contributed by atoms with Crippen LogP contribution < -0.4 is 0 Å². The van der Waals surface area contributed by atoms with Gasteiger partial charge in [0.1, 0.15) is 5.69 Å². The van der Waals surface area contributed by atoms with Gasteiger partial charge in [-0.3, -0.25) is 0 Å². The van der Waals surface area contributed by atoms with E-state index in [1.807, 2.05) is 85.8 Å². The molecule has 0 saturated heterocycles. The Balaban J connectivity index is 1.84. The van der Waals surface area contributed by atoms with E-state index in [1.54, 1.807) is 4.68 Å². The normalized spacial score (nSPS) is 10.9. The summed E-state index contributed by atoms with van der Waals surface area (Å²) in [5, 5.41) is 7.17. The van der Waals surface area contributed by atoms with Crippen molar-refractivity contribution in [2.24, 2.45) is 0 Å². The second-order valence-corrected chi connectivity index (χ2v) is 7.47. The van der Waals surface area contributed by atoms with Crippen LogP contribution in [0.1, 0.15) is 17.4 Å². The van der Waals surface area contributed by atoms with Crippen molar-refractivity contribution in [1.82, 2.24) is 9.78 Å². The molecular formula is C28H22N2O2. The van der Waals surface area contributed by atoms with Crippen LogP contribution in [0.3, 0.4) is 0 Å². The molecule has 0 unspecified atom stereocenters. The fraction of sp³-hybridized carbons (Fsp3) is 0.0714. The number of benzene rings is 4. The van der Waals surface area contributed by atoms with Crippen molar-refractivity contribution in [3.8, 4) is 28.1 Å². The van der Waals surface area contributed by atoms with Crippen LogP contribution in [0.4, 0.5) is 0 Å². The van der Waals surface area contributed by atoms with Crippen molar-refractivity contribution < 1.29 is 9.53 Å². The van der Waals surface area contributed by atoms with E-state index >= 15 is 0 Å². The number of nitrogens with zero attached hydrogens (tertiary/aromatic N) is 2. The van der Waals surface area contributed by atoms with Crippen molar-refractivity contribution in [2.45, 2.75) is 6.92 Å². The summed E-state index contributed by atoms with van der Waals surface area (Å²) in [5.41, 5.74) is 4.60. The fourth-order valence-electron chi connectivity index (χ4n) is 3.98. The molecule has 0 spiro atoms. The van der Waals surface area contributed by atoms with E-state index in [4.69, 9.17) is 9.84 Å². The Bertz CT molecular complexity index is 1390. The summed E-state index contributed by atoms with van der Waals surface area (Å²) in [6.07, 6.45) is 0. The highest BCUT2D eigenvalue weighted by Gasteiger charge is 2.27. The second-order valence-electron chi connectivity index (χ2n) is 7.47. The van der Waals surface area contributed by atoms with Crippen LogP contribution in [0.25, 0.3) is 38.8 Å². The fourth-order valence-corrected chi connectivity index (χ4v) is 3.98. The van der Waals surface area contributed by atoms with Crippen LogP contribution in [0.5, 0.6) is 0 Å². The van der Waals surface area contributed by atoms with Gasteiger partial charge >= 0.3 is 5.97 Å². The highest BCUT2D eigenvalue weighted by molar-refractivity contribution is 6.02. The lowest BCUT2D eigenvalue weighted by Crippen LogP contribution is -2.13. The van der Waals surface area contributed by atoms with E-state index in [0.717, 1.165) is 38.8 Å². The minimum absolute atomic E-state index is 0.288. The maximum Gasteiger partial charge on any atom is 0.357 e. The first kappa shape index (κ1) is 19.8. The van der Waals surface area contributed by atoms with Crippen molar-refractivity contribution in [3.63, 3.8) is 0 Å². The number of ether oxygens (including phenoxy) is 1. The van der Waals surface area contributed by atoms with Crippen molar-refractivity contribution >= 4 is 16.7 Å². The summed E-state index contributed by atoms with van der Waals surface area (Å²) in [6, 6.07) is 34.1. The zero-order valence-corrected chi connectivity index (χ0v) is 17.7. The van der Waals surface area contributed by atoms with Gasteiger partial charge in [0, 0.05) is 11.1 Å². The van der Waals surface area contributed by atoms with Crippen molar-refractivity contribution in [3.05, 3.63) is 109 Å². The van der Waals surface area contributed by atoms with E-state index in [0.29, 0.717) is 5.69 Å². The molecule has 0 atom stereocenters. The third kappa shape index (κ3) is 3.56. The van der Waals surface area contributed by atoms with Crippen LogP contribution in [0, 0.1) is 0 Å². The molecule has 4 heteroatoms. The van der Waals surface area contributed by atoms with Crippen LogP contribution in [0.15, 0.2) is 103 Å². The van der Waals surface area contributed by atoms with E-state index in [1.165, 1.54) is 0 Å². The molecule has 32 heavy (non-hydrogen) atoms. The molecule has 1 aromatic heterocycles. The van der Waals surface area contributed by atoms with E-state index < -0.39 is 5.97 Å². The van der Waals surface area contributed by atoms with Gasteiger partial charge in [0.05, 0.1) is 12.3 Å². The smallest absolute Gasteiger partial charge is 0.357 e. The molecule has 156 valence electrons. The highest BCUT2D eigenvalue weighted by atomic mass is 16.5. The number of aromatic nitrogens is 2. The molecule has 0 aliphatic heterocycles. The second kappa shape index (κ2) is 8.52. The molecule has 5 rings (SSSR count). The molecule has 0 fully saturated rings. The Kier molecular flexibility index (Phi) is 5.26. The topological polar surface area (TPSA) is 44.1 Å². The largest absolute Gasteiger partial charge is 0.461 e. The summed E-state index contributed by atoms with van der Waals surface area (Å²) in [7, 11) is 0. The molecule has 0 aliphatic carbocycles. The van der Waals surface area contributed by atoms with Gasteiger partial charge in [-0.25, -0.2) is 9.48 Å². The van der Waals surface area contributed by atoms with E-state index in [2.05, 4.69) is 24.3 Å². The first-order valence-electron chi connectivity index (χ1n) is 10.7. The summed E-state index contributed by atoms with van der Waals surface area (Å²) in [5.74, 6) is -0.394. The van der Waals surface area contributed by atoms with Crippen molar-refractivity contribution in [2.75, 3.05) is 6.61 Å². The number of hydrogen-bond acceptors (Lipinski definition) is 3. The number of carbonyl (C=O) groups is 1.